The molecular weight excluding hydrogens is 263 g/mol. The van der Waals surface area contributed by atoms with E-state index < -0.39 is 23.6 Å². The van der Waals surface area contributed by atoms with Crippen molar-refractivity contribution in [1.29, 1.82) is 0 Å². The van der Waals surface area contributed by atoms with Crippen LogP contribution in [0.1, 0.15) is 11.1 Å². The molecule has 0 spiro atoms. The van der Waals surface area contributed by atoms with Crippen molar-refractivity contribution >= 4 is 17.5 Å². The van der Waals surface area contributed by atoms with E-state index in [1.54, 1.807) is 0 Å². The zero-order valence-electron chi connectivity index (χ0n) is 9.54. The quantitative estimate of drug-likeness (QED) is 0.562. The van der Waals surface area contributed by atoms with Crippen LogP contribution in [0.15, 0.2) is 30.8 Å². The highest BCUT2D eigenvalue weighted by molar-refractivity contribution is 6.34. The van der Waals surface area contributed by atoms with Gasteiger partial charge in [-0.2, -0.15) is 13.2 Å². The summed E-state index contributed by atoms with van der Waals surface area (Å²) >= 11 is 0. The van der Waals surface area contributed by atoms with Gasteiger partial charge in [0.25, 0.3) is 0 Å². The van der Waals surface area contributed by atoms with Gasteiger partial charge in [-0.05, 0) is 17.7 Å². The van der Waals surface area contributed by atoms with Gasteiger partial charge in [-0.1, -0.05) is 18.7 Å². The minimum Gasteiger partial charge on any atom is -0.361 e. The Bertz CT molecular complexity index is 526. The highest BCUT2D eigenvalue weighted by Gasteiger charge is 2.30. The predicted molar refractivity (Wildman–Crippen MR) is 61.0 cm³/mol. The fourth-order valence-corrected chi connectivity index (χ4v) is 1.15. The van der Waals surface area contributed by atoms with Crippen LogP contribution in [0.2, 0.25) is 0 Å². The summed E-state index contributed by atoms with van der Waals surface area (Å²) in [6.45, 7) is 3.43. The van der Waals surface area contributed by atoms with Crippen LogP contribution in [-0.4, -0.2) is 11.8 Å². The number of rotatable bonds is 3. The van der Waals surface area contributed by atoms with E-state index in [9.17, 15) is 22.8 Å². The molecule has 0 saturated carbocycles. The van der Waals surface area contributed by atoms with Gasteiger partial charge in [0.05, 0.1) is 11.3 Å². The number of carbonyl (C=O) groups is 2. The lowest BCUT2D eigenvalue weighted by Gasteiger charge is -2.12. The minimum absolute atomic E-state index is 0.0132. The molecule has 1 aromatic carbocycles. The Balaban J connectivity index is 2.78. The second-order valence-electron chi connectivity index (χ2n) is 3.50. The number of amides is 2. The maximum atomic E-state index is 12.5. The third-order valence-corrected chi connectivity index (χ3v) is 2.09. The van der Waals surface area contributed by atoms with Crippen LogP contribution >= 0.6 is 0 Å². The van der Waals surface area contributed by atoms with E-state index in [4.69, 9.17) is 0 Å². The lowest BCUT2D eigenvalue weighted by molar-refractivity contribution is -0.137. The fraction of sp³-hybridized carbons (Fsp3) is 0.0909. The molecule has 0 bridgehead atoms. The van der Waals surface area contributed by atoms with Gasteiger partial charge in [-0.3, -0.25) is 20.4 Å². The number of nitrogens with one attached hydrogen (secondary N) is 2. The smallest absolute Gasteiger partial charge is 0.361 e. The Morgan fingerprint density at radius 2 is 1.84 bits per heavy atom. The molecule has 0 radical (unpaired) electrons. The summed E-state index contributed by atoms with van der Waals surface area (Å²) in [4.78, 5) is 21.3. The van der Waals surface area contributed by atoms with Crippen LogP contribution in [-0.2, 0) is 15.8 Å². The Hall–Kier alpha value is -2.51. The van der Waals surface area contributed by atoms with Crippen LogP contribution in [0.5, 0.6) is 0 Å². The number of carbonyl (C=O) groups excluding carboxylic acids is 2. The van der Waals surface area contributed by atoms with E-state index in [0.29, 0.717) is 0 Å². The standard InChI is InChI=1S/C11H10F3N3O2/c1-6(16-17-10(19)9(15)18)7-3-2-4-8(5-7)11(12,13)14/h2-5,16H,1H2,(H2,15,18)(H,17,19). The van der Waals surface area contributed by atoms with Crippen LogP contribution in [0.4, 0.5) is 13.2 Å². The van der Waals surface area contributed by atoms with E-state index in [1.807, 2.05) is 5.43 Å². The second-order valence-corrected chi connectivity index (χ2v) is 3.50. The van der Waals surface area contributed by atoms with Gasteiger partial charge < -0.3 is 5.73 Å². The van der Waals surface area contributed by atoms with Gasteiger partial charge in [0.15, 0.2) is 0 Å². The summed E-state index contributed by atoms with van der Waals surface area (Å²) in [5.74, 6) is -2.36. The second kappa shape index (κ2) is 5.42. The molecule has 1 rings (SSSR count). The topological polar surface area (TPSA) is 84.2 Å². The van der Waals surface area contributed by atoms with Crippen LogP contribution in [0, 0.1) is 0 Å². The van der Waals surface area contributed by atoms with Crippen molar-refractivity contribution in [3.05, 3.63) is 42.0 Å². The van der Waals surface area contributed by atoms with E-state index >= 15 is 0 Å². The van der Waals surface area contributed by atoms with Crippen molar-refractivity contribution in [2.45, 2.75) is 6.18 Å². The van der Waals surface area contributed by atoms with Crippen molar-refractivity contribution in [3.8, 4) is 0 Å². The first-order valence-electron chi connectivity index (χ1n) is 4.94. The van der Waals surface area contributed by atoms with E-state index in [1.165, 1.54) is 12.1 Å². The summed E-state index contributed by atoms with van der Waals surface area (Å²) in [6.07, 6.45) is -4.48. The number of hydrogen-bond acceptors (Lipinski definition) is 3. The molecule has 1 aromatic rings. The molecule has 0 heterocycles. The van der Waals surface area contributed by atoms with E-state index in [2.05, 4.69) is 17.7 Å². The zero-order valence-corrected chi connectivity index (χ0v) is 9.54. The van der Waals surface area contributed by atoms with Gasteiger partial charge in [0, 0.05) is 0 Å². The Kier molecular flexibility index (Phi) is 4.15. The number of halogens is 3. The van der Waals surface area contributed by atoms with E-state index in [0.717, 1.165) is 12.1 Å². The van der Waals surface area contributed by atoms with Gasteiger partial charge in [0.1, 0.15) is 0 Å². The van der Waals surface area contributed by atoms with Crippen LogP contribution < -0.4 is 16.6 Å². The summed E-state index contributed by atoms with van der Waals surface area (Å²) in [5.41, 5.74) is 8.01. The van der Waals surface area contributed by atoms with Crippen molar-refractivity contribution in [2.75, 3.05) is 0 Å². The Morgan fingerprint density at radius 1 is 1.21 bits per heavy atom. The summed E-state index contributed by atoms with van der Waals surface area (Å²) in [7, 11) is 0. The molecule has 0 aliphatic carbocycles. The number of primary amides is 1. The molecule has 0 aliphatic rings. The summed E-state index contributed by atoms with van der Waals surface area (Å²) in [5, 5.41) is 0. The third kappa shape index (κ3) is 4.02. The Morgan fingerprint density at radius 3 is 2.37 bits per heavy atom. The average Bonchev–Trinajstić information content (AvgIpc) is 2.34. The van der Waals surface area contributed by atoms with Crippen molar-refractivity contribution in [3.63, 3.8) is 0 Å². The summed E-state index contributed by atoms with van der Waals surface area (Å²) in [6, 6.07) is 4.31. The molecule has 0 aliphatic heterocycles. The molecule has 0 atom stereocenters. The molecule has 0 aromatic heterocycles. The molecular formula is C11H10F3N3O2. The van der Waals surface area contributed by atoms with E-state index in [-0.39, 0.29) is 11.3 Å². The molecule has 0 fully saturated rings. The zero-order chi connectivity index (χ0) is 14.6. The van der Waals surface area contributed by atoms with Gasteiger partial charge in [-0.15, -0.1) is 0 Å². The molecule has 0 saturated heterocycles. The van der Waals surface area contributed by atoms with Crippen LogP contribution in [0.3, 0.4) is 0 Å². The highest BCUT2D eigenvalue weighted by Crippen LogP contribution is 2.30. The first-order chi connectivity index (χ1) is 8.71. The first-order valence-corrected chi connectivity index (χ1v) is 4.94. The third-order valence-electron chi connectivity index (χ3n) is 2.09. The fourth-order valence-electron chi connectivity index (χ4n) is 1.15. The van der Waals surface area contributed by atoms with Gasteiger partial charge in [0.2, 0.25) is 0 Å². The first kappa shape index (κ1) is 14.6. The SMILES string of the molecule is C=C(NNC(=O)C(N)=O)c1cccc(C(F)(F)F)c1. The van der Waals surface area contributed by atoms with Gasteiger partial charge >= 0.3 is 18.0 Å². The molecule has 8 heteroatoms. The maximum Gasteiger partial charge on any atom is 0.416 e. The molecule has 5 nitrogen and oxygen atoms in total. The minimum atomic E-state index is -4.48. The van der Waals surface area contributed by atoms with Crippen LogP contribution in [0.25, 0.3) is 5.70 Å². The number of hydrazine groups is 1. The van der Waals surface area contributed by atoms with Crippen molar-refractivity contribution in [2.24, 2.45) is 5.73 Å². The molecule has 4 N–H and O–H groups in total. The monoisotopic (exact) mass is 273 g/mol. The van der Waals surface area contributed by atoms with Crippen molar-refractivity contribution in [1.82, 2.24) is 10.9 Å². The van der Waals surface area contributed by atoms with Crippen molar-refractivity contribution < 1.29 is 22.8 Å². The normalized spacial score (nSPS) is 10.7. The largest absolute Gasteiger partial charge is 0.416 e. The Labute approximate surface area is 106 Å². The lowest BCUT2D eigenvalue weighted by Crippen LogP contribution is -2.43. The molecule has 102 valence electrons. The summed E-state index contributed by atoms with van der Waals surface area (Å²) < 4.78 is 37.4. The number of benzene rings is 1. The number of alkyl halides is 3. The highest BCUT2D eigenvalue weighted by atomic mass is 19.4. The lowest BCUT2D eigenvalue weighted by atomic mass is 10.1. The molecule has 0 unspecified atom stereocenters. The predicted octanol–water partition coefficient (Wildman–Crippen LogP) is 0.782. The number of hydrogen-bond donors (Lipinski definition) is 3. The molecule has 19 heavy (non-hydrogen) atoms. The maximum absolute atomic E-state index is 12.5. The number of nitrogens with two attached hydrogens (primary N) is 1. The van der Waals surface area contributed by atoms with Gasteiger partial charge in [-0.25, -0.2) is 0 Å². The average molecular weight is 273 g/mol. The molecule has 2 amide bonds.